The molecule has 0 bridgehead atoms. The van der Waals surface area contributed by atoms with Gasteiger partial charge < -0.3 is 9.84 Å². The summed E-state index contributed by atoms with van der Waals surface area (Å²) in [4.78, 5) is 0. The number of ether oxygens (including phenoxy) is 1. The van der Waals surface area contributed by atoms with Crippen molar-refractivity contribution in [3.8, 4) is 5.75 Å². The van der Waals surface area contributed by atoms with Crippen molar-refractivity contribution >= 4 is 11.6 Å². The van der Waals surface area contributed by atoms with Crippen molar-refractivity contribution in [2.45, 2.75) is 39.0 Å². The van der Waals surface area contributed by atoms with Crippen LogP contribution in [0.4, 0.5) is 0 Å². The van der Waals surface area contributed by atoms with Crippen molar-refractivity contribution in [2.75, 3.05) is 13.2 Å². The zero-order valence-electron chi connectivity index (χ0n) is 10.6. The molecule has 1 aliphatic heterocycles. The van der Waals surface area contributed by atoms with E-state index in [9.17, 15) is 5.11 Å². The highest BCUT2D eigenvalue weighted by molar-refractivity contribution is 6.32. The Morgan fingerprint density at radius 2 is 2.18 bits per heavy atom. The van der Waals surface area contributed by atoms with E-state index in [1.54, 1.807) is 0 Å². The summed E-state index contributed by atoms with van der Waals surface area (Å²) < 4.78 is 5.64. The van der Waals surface area contributed by atoms with Gasteiger partial charge >= 0.3 is 0 Å². The van der Waals surface area contributed by atoms with Gasteiger partial charge in [0.25, 0.3) is 0 Å². The van der Waals surface area contributed by atoms with Crippen LogP contribution in [0.2, 0.25) is 5.02 Å². The fraction of sp³-hybridized carbons (Fsp3) is 0.571. The van der Waals surface area contributed by atoms with Crippen LogP contribution >= 0.6 is 11.6 Å². The van der Waals surface area contributed by atoms with Crippen LogP contribution < -0.4 is 4.74 Å². The van der Waals surface area contributed by atoms with E-state index in [0.717, 1.165) is 30.8 Å². The van der Waals surface area contributed by atoms with Crippen molar-refractivity contribution in [2.24, 2.45) is 0 Å². The van der Waals surface area contributed by atoms with Crippen molar-refractivity contribution in [1.29, 1.82) is 0 Å². The molecule has 0 amide bonds. The van der Waals surface area contributed by atoms with E-state index in [1.165, 1.54) is 11.1 Å². The van der Waals surface area contributed by atoms with Gasteiger partial charge in [-0.05, 0) is 42.5 Å². The molecule has 1 N–H and O–H groups in total. The van der Waals surface area contributed by atoms with Crippen LogP contribution in [-0.2, 0) is 11.8 Å². The molecule has 0 atom stereocenters. The lowest BCUT2D eigenvalue weighted by Gasteiger charge is -2.29. The van der Waals surface area contributed by atoms with Gasteiger partial charge in [-0.15, -0.1) is 0 Å². The Hall–Kier alpha value is -0.730. The molecule has 2 nitrogen and oxygen atoms in total. The summed E-state index contributed by atoms with van der Waals surface area (Å²) in [6.45, 7) is 7.01. The van der Waals surface area contributed by atoms with Gasteiger partial charge in [0, 0.05) is 5.41 Å². The third kappa shape index (κ3) is 2.16. The molecule has 17 heavy (non-hydrogen) atoms. The summed E-state index contributed by atoms with van der Waals surface area (Å²) in [5, 5.41) is 10.2. The first kappa shape index (κ1) is 12.7. The van der Waals surface area contributed by atoms with Gasteiger partial charge in [-0.1, -0.05) is 25.4 Å². The Morgan fingerprint density at radius 3 is 2.82 bits per heavy atom. The molecule has 1 aliphatic rings. The third-order valence-corrected chi connectivity index (χ3v) is 3.84. The van der Waals surface area contributed by atoms with E-state index < -0.39 is 0 Å². The van der Waals surface area contributed by atoms with Crippen LogP contribution in [0.15, 0.2) is 6.07 Å². The number of rotatable bonds is 2. The molecule has 0 saturated carbocycles. The molecule has 0 aliphatic carbocycles. The normalized spacial score (nSPS) is 15.4. The van der Waals surface area contributed by atoms with Crippen LogP contribution in [-0.4, -0.2) is 18.3 Å². The Bertz CT molecular complexity index is 438. The Labute approximate surface area is 108 Å². The van der Waals surface area contributed by atoms with Crippen molar-refractivity contribution in [1.82, 2.24) is 0 Å². The number of benzene rings is 1. The molecule has 3 heteroatoms. The molecule has 1 aromatic rings. The molecular formula is C14H19ClO2. The first-order chi connectivity index (χ1) is 7.97. The number of aliphatic hydroxyl groups excluding tert-OH is 1. The third-order valence-electron chi connectivity index (χ3n) is 3.56. The standard InChI is InChI=1S/C14H19ClO2/c1-9-10-5-4-6-17-13(10)12(15)7-11(9)14(2,3)8-16/h7,16H,4-6,8H2,1-3H3. The molecule has 2 rings (SSSR count). The maximum atomic E-state index is 9.49. The van der Waals surface area contributed by atoms with E-state index in [4.69, 9.17) is 16.3 Å². The second-order valence-electron chi connectivity index (χ2n) is 5.33. The molecule has 0 radical (unpaired) electrons. The monoisotopic (exact) mass is 254 g/mol. The SMILES string of the molecule is Cc1c(C(C)(C)CO)cc(Cl)c2c1CCCO2. The molecule has 0 aromatic heterocycles. The fourth-order valence-corrected chi connectivity index (χ4v) is 2.72. The minimum Gasteiger partial charge on any atom is -0.492 e. The number of aliphatic hydroxyl groups is 1. The minimum atomic E-state index is -0.264. The second kappa shape index (κ2) is 4.51. The molecule has 0 unspecified atom stereocenters. The summed E-state index contributed by atoms with van der Waals surface area (Å²) in [7, 11) is 0. The van der Waals surface area contributed by atoms with Gasteiger partial charge in [-0.3, -0.25) is 0 Å². The fourth-order valence-electron chi connectivity index (χ4n) is 2.45. The summed E-state index contributed by atoms with van der Waals surface area (Å²) in [6.07, 6.45) is 2.05. The number of hydrogen-bond acceptors (Lipinski definition) is 2. The lowest BCUT2D eigenvalue weighted by molar-refractivity contribution is 0.217. The molecule has 0 saturated heterocycles. The van der Waals surface area contributed by atoms with E-state index in [1.807, 2.05) is 19.9 Å². The van der Waals surface area contributed by atoms with Crippen LogP contribution in [0.5, 0.6) is 5.75 Å². The van der Waals surface area contributed by atoms with Crippen molar-refractivity contribution in [3.63, 3.8) is 0 Å². The molecule has 1 heterocycles. The lowest BCUT2D eigenvalue weighted by Crippen LogP contribution is -2.25. The second-order valence-corrected chi connectivity index (χ2v) is 5.74. The highest BCUT2D eigenvalue weighted by atomic mass is 35.5. The van der Waals surface area contributed by atoms with Gasteiger partial charge in [0.15, 0.2) is 0 Å². The Kier molecular flexibility index (Phi) is 3.37. The van der Waals surface area contributed by atoms with Crippen molar-refractivity contribution < 1.29 is 9.84 Å². The molecule has 94 valence electrons. The van der Waals surface area contributed by atoms with E-state index >= 15 is 0 Å². The summed E-state index contributed by atoms with van der Waals surface area (Å²) in [6, 6.07) is 1.94. The smallest absolute Gasteiger partial charge is 0.141 e. The average molecular weight is 255 g/mol. The van der Waals surface area contributed by atoms with E-state index in [0.29, 0.717) is 5.02 Å². The first-order valence-electron chi connectivity index (χ1n) is 6.03. The molecular weight excluding hydrogens is 236 g/mol. The van der Waals surface area contributed by atoms with Gasteiger partial charge in [0.05, 0.1) is 18.2 Å². The summed E-state index contributed by atoms with van der Waals surface area (Å²) >= 11 is 6.28. The predicted octanol–water partition coefficient (Wildman–Crippen LogP) is 3.24. The number of hydrogen-bond donors (Lipinski definition) is 1. The zero-order chi connectivity index (χ0) is 12.6. The largest absolute Gasteiger partial charge is 0.492 e. The minimum absolute atomic E-state index is 0.115. The van der Waals surface area contributed by atoms with Gasteiger partial charge in [-0.2, -0.15) is 0 Å². The zero-order valence-corrected chi connectivity index (χ0v) is 11.4. The Morgan fingerprint density at radius 1 is 1.47 bits per heavy atom. The molecule has 0 spiro atoms. The van der Waals surface area contributed by atoms with Crippen LogP contribution in [0.3, 0.4) is 0 Å². The lowest BCUT2D eigenvalue weighted by atomic mass is 9.80. The van der Waals surface area contributed by atoms with Crippen LogP contribution in [0.25, 0.3) is 0 Å². The van der Waals surface area contributed by atoms with E-state index in [2.05, 4.69) is 6.92 Å². The van der Waals surface area contributed by atoms with Crippen molar-refractivity contribution in [3.05, 3.63) is 27.8 Å². The van der Waals surface area contributed by atoms with Gasteiger partial charge in [0.1, 0.15) is 5.75 Å². The quantitative estimate of drug-likeness (QED) is 0.878. The number of fused-ring (bicyclic) bond motifs is 1. The highest BCUT2D eigenvalue weighted by Crippen LogP contribution is 2.40. The average Bonchev–Trinajstić information content (AvgIpc) is 2.33. The summed E-state index contributed by atoms with van der Waals surface area (Å²) in [5.74, 6) is 0.841. The van der Waals surface area contributed by atoms with E-state index in [-0.39, 0.29) is 12.0 Å². The Balaban J connectivity index is 2.60. The molecule has 1 aromatic carbocycles. The van der Waals surface area contributed by atoms with Gasteiger partial charge in [0.2, 0.25) is 0 Å². The summed E-state index contributed by atoms with van der Waals surface area (Å²) in [5.41, 5.74) is 3.28. The van der Waals surface area contributed by atoms with Crippen LogP contribution in [0, 0.1) is 6.92 Å². The van der Waals surface area contributed by atoms with Gasteiger partial charge in [-0.25, -0.2) is 0 Å². The highest BCUT2D eigenvalue weighted by Gasteiger charge is 2.27. The van der Waals surface area contributed by atoms with Crippen LogP contribution in [0.1, 0.15) is 37.0 Å². The topological polar surface area (TPSA) is 29.5 Å². The predicted molar refractivity (Wildman–Crippen MR) is 70.1 cm³/mol. The number of halogens is 1. The first-order valence-corrected chi connectivity index (χ1v) is 6.41. The maximum absolute atomic E-state index is 9.49. The molecule has 0 fully saturated rings. The maximum Gasteiger partial charge on any atom is 0.141 e.